The van der Waals surface area contributed by atoms with Gasteiger partial charge in [0.05, 0.1) is 19.3 Å². The van der Waals surface area contributed by atoms with Crippen LogP contribution in [-0.2, 0) is 4.79 Å². The number of nitrogens with one attached hydrogen (secondary N) is 1. The smallest absolute Gasteiger partial charge is 0.241 e. The van der Waals surface area contributed by atoms with Crippen molar-refractivity contribution in [3.8, 4) is 11.5 Å². The maximum absolute atomic E-state index is 11.4. The van der Waals surface area contributed by atoms with Crippen molar-refractivity contribution in [3.63, 3.8) is 0 Å². The Bertz CT molecular complexity index is 418. The molecular formula is C12H16N2O3. The minimum absolute atomic E-state index is 0.223. The summed E-state index contributed by atoms with van der Waals surface area (Å²) in [5, 5.41) is 2.71. The van der Waals surface area contributed by atoms with Crippen molar-refractivity contribution in [3.05, 3.63) is 18.2 Å². The molecule has 3 N–H and O–H groups in total. The lowest BCUT2D eigenvalue weighted by molar-refractivity contribution is -0.117. The van der Waals surface area contributed by atoms with E-state index in [9.17, 15) is 4.79 Å². The first-order chi connectivity index (χ1) is 8.16. The average Bonchev–Trinajstić information content (AvgIpc) is 2.53. The summed E-state index contributed by atoms with van der Waals surface area (Å²) in [7, 11) is 0. The molecule has 0 fully saturated rings. The molecule has 5 nitrogen and oxygen atoms in total. The Morgan fingerprint density at radius 2 is 2.06 bits per heavy atom. The fourth-order valence-corrected chi connectivity index (χ4v) is 1.50. The maximum Gasteiger partial charge on any atom is 0.241 e. The van der Waals surface area contributed by atoms with Crippen LogP contribution < -0.4 is 20.5 Å². The minimum atomic E-state index is -0.536. The van der Waals surface area contributed by atoms with E-state index in [1.165, 1.54) is 0 Å². The van der Waals surface area contributed by atoms with Gasteiger partial charge in [-0.25, -0.2) is 0 Å². The van der Waals surface area contributed by atoms with Crippen LogP contribution in [0.4, 0.5) is 5.69 Å². The molecule has 0 unspecified atom stereocenters. The number of fused-ring (bicyclic) bond motifs is 1. The van der Waals surface area contributed by atoms with Crippen molar-refractivity contribution < 1.29 is 14.3 Å². The Morgan fingerprint density at radius 1 is 1.35 bits per heavy atom. The van der Waals surface area contributed by atoms with E-state index in [0.717, 1.165) is 6.42 Å². The predicted octanol–water partition coefficient (Wildman–Crippen LogP) is 1.13. The van der Waals surface area contributed by atoms with Gasteiger partial charge >= 0.3 is 0 Å². The van der Waals surface area contributed by atoms with Crippen LogP contribution in [0.15, 0.2) is 18.2 Å². The molecule has 0 aliphatic carbocycles. The molecule has 1 atom stereocenters. The molecule has 0 saturated heterocycles. The second-order valence-electron chi connectivity index (χ2n) is 3.99. The summed E-state index contributed by atoms with van der Waals surface area (Å²) in [6.07, 6.45) is 0.857. The van der Waals surface area contributed by atoms with Gasteiger partial charge in [-0.05, 0) is 19.1 Å². The highest BCUT2D eigenvalue weighted by Gasteiger charge is 2.13. The molecule has 1 aromatic carbocycles. The van der Waals surface area contributed by atoms with E-state index in [4.69, 9.17) is 15.2 Å². The third kappa shape index (κ3) is 2.88. The zero-order valence-corrected chi connectivity index (χ0v) is 9.73. The highest BCUT2D eigenvalue weighted by atomic mass is 16.5. The Balaban J connectivity index is 2.15. The van der Waals surface area contributed by atoms with Crippen molar-refractivity contribution >= 4 is 11.6 Å². The number of amides is 1. The van der Waals surface area contributed by atoms with E-state index in [0.29, 0.717) is 30.4 Å². The zero-order chi connectivity index (χ0) is 12.3. The molecule has 1 heterocycles. The summed E-state index contributed by atoms with van der Waals surface area (Å²) in [4.78, 5) is 11.4. The second-order valence-corrected chi connectivity index (χ2v) is 3.99. The summed E-state index contributed by atoms with van der Waals surface area (Å²) in [6.45, 7) is 2.91. The third-order valence-electron chi connectivity index (χ3n) is 2.43. The predicted molar refractivity (Wildman–Crippen MR) is 64.3 cm³/mol. The molecule has 92 valence electrons. The number of hydrogen-bond donors (Lipinski definition) is 2. The van der Waals surface area contributed by atoms with Gasteiger partial charge in [0.15, 0.2) is 11.5 Å². The Kier molecular flexibility index (Phi) is 3.49. The van der Waals surface area contributed by atoms with Crippen LogP contribution in [0.1, 0.15) is 13.3 Å². The van der Waals surface area contributed by atoms with Gasteiger partial charge < -0.3 is 20.5 Å². The molecule has 1 aliphatic heterocycles. The van der Waals surface area contributed by atoms with Crippen molar-refractivity contribution in [2.45, 2.75) is 19.4 Å². The van der Waals surface area contributed by atoms with E-state index in [1.54, 1.807) is 25.1 Å². The normalized spacial score (nSPS) is 15.9. The average molecular weight is 236 g/mol. The van der Waals surface area contributed by atoms with Crippen LogP contribution in [-0.4, -0.2) is 25.2 Å². The molecule has 17 heavy (non-hydrogen) atoms. The molecule has 0 saturated carbocycles. The number of nitrogens with two attached hydrogens (primary N) is 1. The van der Waals surface area contributed by atoms with Gasteiger partial charge in [-0.1, -0.05) is 0 Å². The highest BCUT2D eigenvalue weighted by Crippen LogP contribution is 2.32. The van der Waals surface area contributed by atoms with Gasteiger partial charge in [-0.2, -0.15) is 0 Å². The number of carbonyl (C=O) groups is 1. The molecular weight excluding hydrogens is 220 g/mol. The molecule has 2 rings (SSSR count). The first kappa shape index (κ1) is 11.7. The third-order valence-corrected chi connectivity index (χ3v) is 2.43. The van der Waals surface area contributed by atoms with Crippen molar-refractivity contribution in [1.29, 1.82) is 0 Å². The quantitative estimate of drug-likeness (QED) is 0.807. The maximum atomic E-state index is 11.4. The molecule has 5 heteroatoms. The van der Waals surface area contributed by atoms with Crippen molar-refractivity contribution in [2.75, 3.05) is 18.5 Å². The lowest BCUT2D eigenvalue weighted by atomic mass is 10.2. The van der Waals surface area contributed by atoms with Gasteiger partial charge in [0.25, 0.3) is 0 Å². The first-order valence-corrected chi connectivity index (χ1v) is 5.63. The fraction of sp³-hybridized carbons (Fsp3) is 0.417. The monoisotopic (exact) mass is 236 g/mol. The van der Waals surface area contributed by atoms with Gasteiger partial charge in [-0.3, -0.25) is 4.79 Å². The topological polar surface area (TPSA) is 73.6 Å². The Hall–Kier alpha value is -1.75. The summed E-state index contributed by atoms with van der Waals surface area (Å²) < 4.78 is 11.0. The van der Waals surface area contributed by atoms with Crippen LogP contribution in [0.2, 0.25) is 0 Å². The second kappa shape index (κ2) is 5.05. The van der Waals surface area contributed by atoms with Gasteiger partial charge in [0.1, 0.15) is 0 Å². The molecule has 0 aromatic heterocycles. The lowest BCUT2D eigenvalue weighted by Crippen LogP contribution is -2.32. The van der Waals surface area contributed by atoms with Crippen LogP contribution in [0.25, 0.3) is 0 Å². The number of benzene rings is 1. The van der Waals surface area contributed by atoms with E-state index in [-0.39, 0.29) is 5.91 Å². The number of anilines is 1. The van der Waals surface area contributed by atoms with Gasteiger partial charge in [-0.15, -0.1) is 0 Å². The Labute approximate surface area is 99.9 Å². The van der Waals surface area contributed by atoms with Gasteiger partial charge in [0.2, 0.25) is 5.91 Å². The number of ether oxygens (including phenoxy) is 2. The standard InChI is InChI=1S/C12H16N2O3/c1-8(13)12(15)14-9-3-4-10-11(7-9)17-6-2-5-16-10/h3-4,7-8H,2,5-6,13H2,1H3,(H,14,15)/t8-/m0/s1. The van der Waals surface area contributed by atoms with Crippen molar-refractivity contribution in [1.82, 2.24) is 0 Å². The largest absolute Gasteiger partial charge is 0.490 e. The van der Waals surface area contributed by atoms with E-state index < -0.39 is 6.04 Å². The first-order valence-electron chi connectivity index (χ1n) is 5.63. The molecule has 0 bridgehead atoms. The van der Waals surface area contributed by atoms with Crippen LogP contribution >= 0.6 is 0 Å². The minimum Gasteiger partial charge on any atom is -0.490 e. The fourth-order valence-electron chi connectivity index (χ4n) is 1.50. The SMILES string of the molecule is C[C@H](N)C(=O)Nc1ccc2c(c1)OCCCO2. The van der Waals surface area contributed by atoms with Crippen LogP contribution in [0.5, 0.6) is 11.5 Å². The van der Waals surface area contributed by atoms with Crippen molar-refractivity contribution in [2.24, 2.45) is 5.73 Å². The lowest BCUT2D eigenvalue weighted by Gasteiger charge is -2.11. The zero-order valence-electron chi connectivity index (χ0n) is 9.73. The highest BCUT2D eigenvalue weighted by molar-refractivity contribution is 5.94. The van der Waals surface area contributed by atoms with Crippen LogP contribution in [0.3, 0.4) is 0 Å². The number of hydrogen-bond acceptors (Lipinski definition) is 4. The van der Waals surface area contributed by atoms with E-state index >= 15 is 0 Å². The van der Waals surface area contributed by atoms with Gasteiger partial charge in [0, 0.05) is 18.2 Å². The molecule has 0 radical (unpaired) electrons. The summed E-state index contributed by atoms with van der Waals surface area (Å²) >= 11 is 0. The molecule has 1 aliphatic rings. The molecule has 1 aromatic rings. The number of rotatable bonds is 2. The Morgan fingerprint density at radius 3 is 2.76 bits per heavy atom. The van der Waals surface area contributed by atoms with Crippen LogP contribution in [0, 0.1) is 0 Å². The molecule has 0 spiro atoms. The molecule has 1 amide bonds. The number of carbonyl (C=O) groups excluding carboxylic acids is 1. The summed E-state index contributed by atoms with van der Waals surface area (Å²) in [6, 6.07) is 4.78. The van der Waals surface area contributed by atoms with E-state index in [1.807, 2.05) is 0 Å². The van der Waals surface area contributed by atoms with E-state index in [2.05, 4.69) is 5.32 Å². The summed E-state index contributed by atoms with van der Waals surface area (Å²) in [5.41, 5.74) is 6.14. The summed E-state index contributed by atoms with van der Waals surface area (Å²) in [5.74, 6) is 1.14.